The van der Waals surface area contributed by atoms with Gasteiger partial charge in [-0.25, -0.2) is 9.59 Å². The molecule has 3 heterocycles. The molecule has 126 valence electrons. The predicted molar refractivity (Wildman–Crippen MR) is 70.9 cm³/mol. The highest BCUT2D eigenvalue weighted by molar-refractivity contribution is 6.06. The third-order valence-electron chi connectivity index (χ3n) is 4.71. The van der Waals surface area contributed by atoms with Crippen LogP contribution in [0, 0.1) is 17.8 Å². The molecule has 0 aromatic heterocycles. The van der Waals surface area contributed by atoms with Crippen molar-refractivity contribution in [3.8, 4) is 0 Å². The van der Waals surface area contributed by atoms with Crippen molar-refractivity contribution in [3.05, 3.63) is 0 Å². The molecule has 2 amide bonds. The fourth-order valence-corrected chi connectivity index (χ4v) is 3.70. The SMILES string of the molecule is C[C@H]1C(OC(=O)COCC(=O)O)C2O[C@H]1C1C(=O)N(C)C(=O)C21. The summed E-state index contributed by atoms with van der Waals surface area (Å²) in [5.74, 6) is -3.84. The minimum atomic E-state index is -1.18. The highest BCUT2D eigenvalue weighted by Gasteiger charge is 2.68. The van der Waals surface area contributed by atoms with Crippen LogP contribution in [0.15, 0.2) is 0 Å². The summed E-state index contributed by atoms with van der Waals surface area (Å²) in [5.41, 5.74) is 0. The van der Waals surface area contributed by atoms with Crippen molar-refractivity contribution >= 4 is 23.8 Å². The maximum atomic E-state index is 12.2. The highest BCUT2D eigenvalue weighted by atomic mass is 16.6. The average Bonchev–Trinajstić information content (AvgIpc) is 3.07. The molecule has 0 spiro atoms. The van der Waals surface area contributed by atoms with Crippen molar-refractivity contribution in [3.63, 3.8) is 0 Å². The van der Waals surface area contributed by atoms with E-state index in [2.05, 4.69) is 4.74 Å². The van der Waals surface area contributed by atoms with E-state index in [4.69, 9.17) is 14.6 Å². The van der Waals surface area contributed by atoms with E-state index in [0.29, 0.717) is 0 Å². The molecule has 9 nitrogen and oxygen atoms in total. The second-order valence-corrected chi connectivity index (χ2v) is 6.05. The molecule has 9 heteroatoms. The van der Waals surface area contributed by atoms with Gasteiger partial charge in [0.25, 0.3) is 0 Å². The zero-order valence-electron chi connectivity index (χ0n) is 12.6. The molecule has 0 aromatic carbocycles. The van der Waals surface area contributed by atoms with E-state index in [1.165, 1.54) is 7.05 Å². The first-order valence-corrected chi connectivity index (χ1v) is 7.28. The number of ether oxygens (including phenoxy) is 3. The Balaban J connectivity index is 1.65. The van der Waals surface area contributed by atoms with Gasteiger partial charge in [-0.2, -0.15) is 0 Å². The molecule has 3 rings (SSSR count). The Kier molecular flexibility index (Phi) is 3.85. The van der Waals surface area contributed by atoms with Crippen molar-refractivity contribution in [2.45, 2.75) is 25.2 Å². The van der Waals surface area contributed by atoms with E-state index in [0.717, 1.165) is 4.90 Å². The first kappa shape index (κ1) is 15.9. The van der Waals surface area contributed by atoms with Gasteiger partial charge in [-0.15, -0.1) is 0 Å². The van der Waals surface area contributed by atoms with Crippen LogP contribution in [0.2, 0.25) is 0 Å². The summed E-state index contributed by atoms with van der Waals surface area (Å²) in [6, 6.07) is 0. The third-order valence-corrected chi connectivity index (χ3v) is 4.71. The maximum Gasteiger partial charge on any atom is 0.332 e. The molecule has 0 aliphatic carbocycles. The van der Waals surface area contributed by atoms with Gasteiger partial charge < -0.3 is 19.3 Å². The lowest BCUT2D eigenvalue weighted by Gasteiger charge is -2.29. The van der Waals surface area contributed by atoms with Crippen molar-refractivity contribution < 1.29 is 38.5 Å². The van der Waals surface area contributed by atoms with Gasteiger partial charge in [-0.1, -0.05) is 6.92 Å². The minimum Gasteiger partial charge on any atom is -0.480 e. The number of carboxylic acids is 1. The van der Waals surface area contributed by atoms with Crippen LogP contribution in [-0.4, -0.2) is 72.3 Å². The molecule has 4 unspecified atom stereocenters. The van der Waals surface area contributed by atoms with Gasteiger partial charge in [-0.3, -0.25) is 14.5 Å². The molecule has 3 aliphatic heterocycles. The number of carboxylic acid groups (broad SMARTS) is 1. The lowest BCUT2D eigenvalue weighted by atomic mass is 9.74. The highest BCUT2D eigenvalue weighted by Crippen LogP contribution is 2.51. The summed E-state index contributed by atoms with van der Waals surface area (Å²) in [7, 11) is 1.44. The number of carbonyl (C=O) groups is 4. The molecule has 3 aliphatic rings. The Morgan fingerprint density at radius 3 is 2.39 bits per heavy atom. The molecule has 0 radical (unpaired) electrons. The molecule has 2 bridgehead atoms. The summed E-state index contributed by atoms with van der Waals surface area (Å²) in [5, 5.41) is 8.45. The normalized spacial score (nSPS) is 38.1. The predicted octanol–water partition coefficient (Wildman–Crippen LogP) is -1.35. The monoisotopic (exact) mass is 327 g/mol. The molecule has 1 N–H and O–H groups in total. The van der Waals surface area contributed by atoms with E-state index in [9.17, 15) is 19.2 Å². The number of hydrogen-bond acceptors (Lipinski definition) is 7. The van der Waals surface area contributed by atoms with E-state index in [1.807, 2.05) is 0 Å². The second-order valence-electron chi connectivity index (χ2n) is 6.05. The molecular formula is C14H17NO8. The lowest BCUT2D eigenvalue weighted by Crippen LogP contribution is -2.46. The number of nitrogens with zero attached hydrogens (tertiary/aromatic N) is 1. The average molecular weight is 327 g/mol. The first-order valence-electron chi connectivity index (χ1n) is 7.28. The minimum absolute atomic E-state index is 0.229. The first-order chi connectivity index (χ1) is 10.8. The van der Waals surface area contributed by atoms with Gasteiger partial charge in [-0.05, 0) is 0 Å². The fraction of sp³-hybridized carbons (Fsp3) is 0.714. The topological polar surface area (TPSA) is 119 Å². The number of amides is 2. The molecular weight excluding hydrogens is 310 g/mol. The molecule has 6 atom stereocenters. The van der Waals surface area contributed by atoms with Crippen LogP contribution >= 0.6 is 0 Å². The maximum absolute atomic E-state index is 12.2. The smallest absolute Gasteiger partial charge is 0.332 e. The van der Waals surface area contributed by atoms with Gasteiger partial charge in [0.2, 0.25) is 11.8 Å². The third kappa shape index (κ3) is 2.40. The summed E-state index contributed by atoms with van der Waals surface area (Å²) in [6.07, 6.45) is -1.75. The van der Waals surface area contributed by atoms with E-state index in [1.54, 1.807) is 6.92 Å². The van der Waals surface area contributed by atoms with Crippen LogP contribution in [0.3, 0.4) is 0 Å². The second kappa shape index (κ2) is 5.57. The zero-order valence-corrected chi connectivity index (χ0v) is 12.6. The molecule has 3 fully saturated rings. The number of imide groups is 1. The Labute approximate surface area is 131 Å². The van der Waals surface area contributed by atoms with Gasteiger partial charge in [0, 0.05) is 13.0 Å². The van der Waals surface area contributed by atoms with Crippen molar-refractivity contribution in [1.29, 1.82) is 0 Å². The number of carbonyl (C=O) groups excluding carboxylic acids is 3. The summed E-state index contributed by atoms with van der Waals surface area (Å²) < 4.78 is 15.7. The van der Waals surface area contributed by atoms with Crippen LogP contribution in [0.5, 0.6) is 0 Å². The summed E-state index contributed by atoms with van der Waals surface area (Å²) >= 11 is 0. The largest absolute Gasteiger partial charge is 0.480 e. The van der Waals surface area contributed by atoms with Crippen molar-refractivity contribution in [1.82, 2.24) is 4.90 Å². The van der Waals surface area contributed by atoms with E-state index < -0.39 is 55.3 Å². The quantitative estimate of drug-likeness (QED) is 0.486. The van der Waals surface area contributed by atoms with Crippen LogP contribution < -0.4 is 0 Å². The van der Waals surface area contributed by atoms with Crippen LogP contribution in [0.1, 0.15) is 6.92 Å². The van der Waals surface area contributed by atoms with E-state index >= 15 is 0 Å². The van der Waals surface area contributed by atoms with Crippen LogP contribution in [-0.2, 0) is 33.4 Å². The van der Waals surface area contributed by atoms with Gasteiger partial charge >= 0.3 is 11.9 Å². The van der Waals surface area contributed by atoms with Gasteiger partial charge in [0.15, 0.2) is 0 Å². The van der Waals surface area contributed by atoms with Crippen LogP contribution in [0.25, 0.3) is 0 Å². The van der Waals surface area contributed by atoms with Gasteiger partial charge in [0.1, 0.15) is 25.4 Å². The Bertz CT molecular complexity index is 575. The van der Waals surface area contributed by atoms with Crippen molar-refractivity contribution in [2.75, 3.05) is 20.3 Å². The van der Waals surface area contributed by atoms with Crippen LogP contribution in [0.4, 0.5) is 0 Å². The Morgan fingerprint density at radius 2 is 1.78 bits per heavy atom. The molecule has 0 saturated carbocycles. The van der Waals surface area contributed by atoms with Crippen molar-refractivity contribution in [2.24, 2.45) is 17.8 Å². The number of rotatable bonds is 5. The van der Waals surface area contributed by atoms with E-state index in [-0.39, 0.29) is 17.7 Å². The summed E-state index contributed by atoms with van der Waals surface area (Å²) in [6.45, 7) is 0.709. The number of hydrogen-bond donors (Lipinski definition) is 1. The number of aliphatic carboxylic acids is 1. The number of fused-ring (bicyclic) bond motifs is 5. The fourth-order valence-electron chi connectivity index (χ4n) is 3.70. The standard InChI is InChI=1S/C14H17NO8/c1-5-10-8-9(14(20)15(2)13(8)19)12(23-10)11(5)22-7(18)4-21-3-6(16)17/h5,8-12H,3-4H2,1-2H3,(H,16,17)/t5-,8?,9?,10-,11?,12?/m1/s1. The Hall–Kier alpha value is -2.00. The lowest BCUT2D eigenvalue weighted by molar-refractivity contribution is -0.163. The number of likely N-dealkylation sites (tertiary alicyclic amines) is 1. The molecule has 3 saturated heterocycles. The summed E-state index contributed by atoms with van der Waals surface area (Å²) in [4.78, 5) is 47.5. The molecule has 23 heavy (non-hydrogen) atoms. The molecule has 0 aromatic rings. The zero-order chi connectivity index (χ0) is 16.9. The van der Waals surface area contributed by atoms with Gasteiger partial charge in [0.05, 0.1) is 17.9 Å². The Morgan fingerprint density at radius 1 is 1.17 bits per heavy atom. The number of esters is 1.